The number of aromatic nitrogens is 3. The summed E-state index contributed by atoms with van der Waals surface area (Å²) < 4.78 is 29.0. The third-order valence-corrected chi connectivity index (χ3v) is 2.95. The van der Waals surface area contributed by atoms with Gasteiger partial charge in [0.1, 0.15) is 17.2 Å². The molecule has 0 atom stereocenters. The first-order chi connectivity index (χ1) is 9.08. The monoisotopic (exact) mass is 260 g/mol. The number of anilines is 1. The molecule has 3 rings (SSSR count). The Hall–Kier alpha value is -2.50. The molecular formula is C13H10F2N4. The second kappa shape index (κ2) is 4.01. The first-order valence-electron chi connectivity index (χ1n) is 5.62. The maximum Gasteiger partial charge on any atom is 0.206 e. The minimum atomic E-state index is -0.554. The summed E-state index contributed by atoms with van der Waals surface area (Å²) >= 11 is 0. The number of nitrogen functional groups attached to an aromatic ring is 1. The van der Waals surface area contributed by atoms with E-state index in [-0.39, 0.29) is 17.2 Å². The van der Waals surface area contributed by atoms with Gasteiger partial charge in [0.2, 0.25) is 5.95 Å². The van der Waals surface area contributed by atoms with Crippen molar-refractivity contribution < 1.29 is 8.78 Å². The Morgan fingerprint density at radius 1 is 1.21 bits per heavy atom. The Labute approximate surface area is 107 Å². The maximum atomic E-state index is 14.0. The highest BCUT2D eigenvalue weighted by Crippen LogP contribution is 2.25. The number of hydrogen-bond donors (Lipinski definition) is 1. The van der Waals surface area contributed by atoms with Gasteiger partial charge in [-0.1, -0.05) is 0 Å². The average molecular weight is 260 g/mol. The third-order valence-electron chi connectivity index (χ3n) is 2.95. The molecule has 0 fully saturated rings. The summed E-state index contributed by atoms with van der Waals surface area (Å²) in [5.74, 6) is -0.960. The molecule has 3 aromatic rings. The summed E-state index contributed by atoms with van der Waals surface area (Å²) in [4.78, 5) is 7.99. The molecule has 2 aromatic heterocycles. The molecular weight excluding hydrogens is 250 g/mol. The van der Waals surface area contributed by atoms with Crippen LogP contribution < -0.4 is 5.73 Å². The van der Waals surface area contributed by atoms with Crippen molar-refractivity contribution in [3.63, 3.8) is 0 Å². The van der Waals surface area contributed by atoms with E-state index in [0.29, 0.717) is 11.0 Å². The Morgan fingerprint density at radius 3 is 2.79 bits per heavy atom. The van der Waals surface area contributed by atoms with E-state index in [9.17, 15) is 8.78 Å². The average Bonchev–Trinajstić information content (AvgIpc) is 2.70. The highest BCUT2D eigenvalue weighted by Gasteiger charge is 2.15. The molecule has 0 amide bonds. The maximum absolute atomic E-state index is 14.0. The van der Waals surface area contributed by atoms with Gasteiger partial charge in [0, 0.05) is 12.3 Å². The van der Waals surface area contributed by atoms with Crippen molar-refractivity contribution in [3.05, 3.63) is 47.8 Å². The Balaban J connectivity index is 2.36. The van der Waals surface area contributed by atoms with E-state index in [4.69, 9.17) is 5.73 Å². The minimum absolute atomic E-state index is 0.0364. The van der Waals surface area contributed by atoms with Crippen LogP contribution in [0.1, 0.15) is 5.56 Å². The van der Waals surface area contributed by atoms with Crippen molar-refractivity contribution in [2.24, 2.45) is 0 Å². The van der Waals surface area contributed by atoms with E-state index < -0.39 is 11.6 Å². The van der Waals surface area contributed by atoms with E-state index >= 15 is 0 Å². The molecule has 4 nitrogen and oxygen atoms in total. The highest BCUT2D eigenvalue weighted by atomic mass is 19.1. The van der Waals surface area contributed by atoms with E-state index in [2.05, 4.69) is 9.97 Å². The van der Waals surface area contributed by atoms with Crippen LogP contribution in [-0.4, -0.2) is 14.5 Å². The number of pyridine rings is 1. The molecule has 0 aliphatic heterocycles. The molecule has 2 heterocycles. The molecule has 96 valence electrons. The van der Waals surface area contributed by atoms with Crippen LogP contribution >= 0.6 is 0 Å². The van der Waals surface area contributed by atoms with Crippen LogP contribution in [0, 0.1) is 18.6 Å². The van der Waals surface area contributed by atoms with Gasteiger partial charge in [0.15, 0.2) is 0 Å². The molecule has 1 aromatic carbocycles. The number of aryl methyl sites for hydroxylation is 1. The summed E-state index contributed by atoms with van der Waals surface area (Å²) in [7, 11) is 0. The molecule has 0 aliphatic rings. The third kappa shape index (κ3) is 1.72. The Morgan fingerprint density at radius 2 is 2.00 bits per heavy atom. The topological polar surface area (TPSA) is 56.7 Å². The Kier molecular flexibility index (Phi) is 2.45. The molecule has 2 N–H and O–H groups in total. The fourth-order valence-corrected chi connectivity index (χ4v) is 2.01. The van der Waals surface area contributed by atoms with Crippen LogP contribution in [0.4, 0.5) is 14.7 Å². The van der Waals surface area contributed by atoms with Gasteiger partial charge in [0.05, 0.1) is 17.4 Å². The number of nitrogens with two attached hydrogens (primary N) is 1. The van der Waals surface area contributed by atoms with Crippen LogP contribution in [0.3, 0.4) is 0 Å². The molecule has 6 heteroatoms. The molecule has 0 radical (unpaired) electrons. The van der Waals surface area contributed by atoms with Crippen molar-refractivity contribution in [1.82, 2.24) is 14.5 Å². The largest absolute Gasteiger partial charge is 0.369 e. The molecule has 0 spiro atoms. The van der Waals surface area contributed by atoms with Gasteiger partial charge >= 0.3 is 0 Å². The highest BCUT2D eigenvalue weighted by molar-refractivity contribution is 5.79. The fourth-order valence-electron chi connectivity index (χ4n) is 2.01. The molecule has 0 unspecified atom stereocenters. The van der Waals surface area contributed by atoms with Gasteiger partial charge in [-0.25, -0.2) is 13.8 Å². The zero-order valence-corrected chi connectivity index (χ0v) is 10.1. The Bertz CT molecular complexity index is 780. The second-order valence-electron chi connectivity index (χ2n) is 4.22. The lowest BCUT2D eigenvalue weighted by Gasteiger charge is -2.09. The number of rotatable bonds is 1. The summed E-state index contributed by atoms with van der Waals surface area (Å²) in [5.41, 5.74) is 7.16. The van der Waals surface area contributed by atoms with Gasteiger partial charge in [-0.2, -0.15) is 0 Å². The lowest BCUT2D eigenvalue weighted by atomic mass is 10.2. The number of benzene rings is 1. The number of imidazole rings is 1. The number of hydrogen-bond acceptors (Lipinski definition) is 3. The number of fused-ring (bicyclic) bond motifs is 1. The van der Waals surface area contributed by atoms with Gasteiger partial charge in [-0.05, 0) is 24.6 Å². The predicted octanol–water partition coefficient (Wildman–Crippen LogP) is 2.59. The smallest absolute Gasteiger partial charge is 0.206 e. The van der Waals surface area contributed by atoms with Gasteiger partial charge in [0.25, 0.3) is 0 Å². The van der Waals surface area contributed by atoms with Crippen molar-refractivity contribution >= 4 is 17.0 Å². The standard InChI is InChI=1S/C13H10F2N4/c1-7-4-9(15)12(5-8(7)14)19-11-2-3-17-6-10(11)18-13(19)16/h2-6H,1H3,(H2,16,18). The normalized spacial score (nSPS) is 11.1. The van der Waals surface area contributed by atoms with E-state index in [1.807, 2.05) is 0 Å². The van der Waals surface area contributed by atoms with Crippen LogP contribution in [-0.2, 0) is 0 Å². The van der Waals surface area contributed by atoms with Crippen LogP contribution in [0.5, 0.6) is 0 Å². The lowest BCUT2D eigenvalue weighted by Crippen LogP contribution is -2.04. The van der Waals surface area contributed by atoms with E-state index in [1.54, 1.807) is 12.3 Å². The zero-order chi connectivity index (χ0) is 13.6. The predicted molar refractivity (Wildman–Crippen MR) is 67.9 cm³/mol. The first kappa shape index (κ1) is 11.6. The SMILES string of the molecule is Cc1cc(F)c(-n2c(N)nc3cnccc32)cc1F. The van der Waals surface area contributed by atoms with Gasteiger partial charge in [-0.15, -0.1) is 0 Å². The molecule has 0 aliphatic carbocycles. The first-order valence-corrected chi connectivity index (χ1v) is 5.62. The van der Waals surface area contributed by atoms with Crippen molar-refractivity contribution in [1.29, 1.82) is 0 Å². The van der Waals surface area contributed by atoms with Crippen LogP contribution in [0.2, 0.25) is 0 Å². The van der Waals surface area contributed by atoms with Crippen molar-refractivity contribution in [3.8, 4) is 5.69 Å². The zero-order valence-electron chi connectivity index (χ0n) is 10.1. The van der Waals surface area contributed by atoms with Crippen molar-refractivity contribution in [2.75, 3.05) is 5.73 Å². The minimum Gasteiger partial charge on any atom is -0.369 e. The summed E-state index contributed by atoms with van der Waals surface area (Å²) in [6, 6.07) is 3.90. The van der Waals surface area contributed by atoms with Crippen LogP contribution in [0.15, 0.2) is 30.6 Å². The molecule has 19 heavy (non-hydrogen) atoms. The van der Waals surface area contributed by atoms with Gasteiger partial charge in [-0.3, -0.25) is 9.55 Å². The molecule has 0 bridgehead atoms. The second-order valence-corrected chi connectivity index (χ2v) is 4.22. The summed E-state index contributed by atoms with van der Waals surface area (Å²) in [6.07, 6.45) is 3.06. The summed E-state index contributed by atoms with van der Waals surface area (Å²) in [5, 5.41) is 0. The number of nitrogens with zero attached hydrogens (tertiary/aromatic N) is 3. The van der Waals surface area contributed by atoms with E-state index in [1.165, 1.54) is 17.7 Å². The fraction of sp³-hybridized carbons (Fsp3) is 0.0769. The molecule has 0 saturated heterocycles. The van der Waals surface area contributed by atoms with Crippen LogP contribution in [0.25, 0.3) is 16.7 Å². The van der Waals surface area contributed by atoms with Gasteiger partial charge < -0.3 is 5.73 Å². The van der Waals surface area contributed by atoms with Crippen molar-refractivity contribution in [2.45, 2.75) is 6.92 Å². The van der Waals surface area contributed by atoms with E-state index in [0.717, 1.165) is 12.1 Å². The quantitative estimate of drug-likeness (QED) is 0.731. The number of halogens is 2. The molecule has 0 saturated carbocycles. The summed E-state index contributed by atoms with van der Waals surface area (Å²) in [6.45, 7) is 1.50. The lowest BCUT2D eigenvalue weighted by molar-refractivity contribution is 0.587.